The summed E-state index contributed by atoms with van der Waals surface area (Å²) < 4.78 is 40.4. The number of halogens is 3. The molecule has 140 valence electrons. The fraction of sp³-hybridized carbons (Fsp3) is 0.500. The molecule has 0 N–H and O–H groups in total. The minimum Gasteiger partial charge on any atom is -0.337 e. The number of carbonyl (C=O) groups is 1. The number of rotatable bonds is 3. The Labute approximate surface area is 147 Å². The molecule has 0 bridgehead atoms. The van der Waals surface area contributed by atoms with Gasteiger partial charge in [-0.25, -0.2) is 4.98 Å². The van der Waals surface area contributed by atoms with Crippen LogP contribution in [0.1, 0.15) is 29.0 Å². The second kappa shape index (κ2) is 6.93. The number of aromatic nitrogens is 4. The molecule has 7 nitrogen and oxygen atoms in total. The van der Waals surface area contributed by atoms with Crippen molar-refractivity contribution >= 4 is 5.91 Å². The first-order valence-corrected chi connectivity index (χ1v) is 8.16. The molecule has 0 unspecified atom stereocenters. The maximum absolute atomic E-state index is 12.6. The maximum Gasteiger partial charge on any atom is 0.433 e. The van der Waals surface area contributed by atoms with E-state index in [9.17, 15) is 22.8 Å². The number of likely N-dealkylation sites (tertiary alicyclic amines) is 1. The number of aryl methyl sites for hydroxylation is 1. The number of alkyl halides is 3. The van der Waals surface area contributed by atoms with E-state index in [-0.39, 0.29) is 18.4 Å². The average Bonchev–Trinajstić information content (AvgIpc) is 3.02. The molecule has 0 aromatic carbocycles. The van der Waals surface area contributed by atoms with E-state index in [0.717, 1.165) is 6.33 Å². The van der Waals surface area contributed by atoms with Gasteiger partial charge in [0, 0.05) is 38.9 Å². The van der Waals surface area contributed by atoms with Gasteiger partial charge in [0.25, 0.3) is 11.5 Å². The van der Waals surface area contributed by atoms with E-state index in [0.29, 0.717) is 37.7 Å². The molecule has 1 aliphatic heterocycles. The van der Waals surface area contributed by atoms with Crippen LogP contribution in [0.4, 0.5) is 13.2 Å². The van der Waals surface area contributed by atoms with Crippen molar-refractivity contribution in [2.75, 3.05) is 13.1 Å². The SMILES string of the molecule is Cn1nccc1C(=O)N1CCC(Cn2cnc(C(F)(F)F)cc2=O)CC1. The Kier molecular flexibility index (Phi) is 4.84. The van der Waals surface area contributed by atoms with Crippen LogP contribution in [0.2, 0.25) is 0 Å². The Morgan fingerprint density at radius 2 is 2.00 bits per heavy atom. The lowest BCUT2D eigenvalue weighted by molar-refractivity contribution is -0.141. The van der Waals surface area contributed by atoms with Crippen LogP contribution in [-0.4, -0.2) is 43.2 Å². The highest BCUT2D eigenvalue weighted by molar-refractivity contribution is 5.92. The molecule has 0 radical (unpaired) electrons. The van der Waals surface area contributed by atoms with Gasteiger partial charge in [-0.1, -0.05) is 0 Å². The van der Waals surface area contributed by atoms with Crippen LogP contribution in [-0.2, 0) is 19.8 Å². The zero-order valence-electron chi connectivity index (χ0n) is 14.1. The van der Waals surface area contributed by atoms with Gasteiger partial charge in [-0.2, -0.15) is 18.3 Å². The zero-order valence-corrected chi connectivity index (χ0v) is 14.1. The summed E-state index contributed by atoms with van der Waals surface area (Å²) >= 11 is 0. The molecule has 0 atom stereocenters. The predicted octanol–water partition coefficient (Wildman–Crippen LogP) is 1.55. The number of hydrogen-bond donors (Lipinski definition) is 0. The Balaban J connectivity index is 1.60. The van der Waals surface area contributed by atoms with E-state index in [1.54, 1.807) is 24.2 Å². The van der Waals surface area contributed by atoms with Crippen molar-refractivity contribution in [2.24, 2.45) is 13.0 Å². The second-order valence-electron chi connectivity index (χ2n) is 6.34. The topological polar surface area (TPSA) is 73.0 Å². The van der Waals surface area contributed by atoms with Crippen molar-refractivity contribution in [2.45, 2.75) is 25.6 Å². The number of carbonyl (C=O) groups excluding carboxylic acids is 1. The Morgan fingerprint density at radius 3 is 2.54 bits per heavy atom. The maximum atomic E-state index is 12.6. The molecular weight excluding hydrogens is 351 g/mol. The van der Waals surface area contributed by atoms with E-state index in [1.165, 1.54) is 9.25 Å². The first kappa shape index (κ1) is 18.2. The van der Waals surface area contributed by atoms with Gasteiger partial charge in [0.1, 0.15) is 5.69 Å². The molecular formula is C16H18F3N5O2. The van der Waals surface area contributed by atoms with Crippen molar-refractivity contribution in [3.05, 3.63) is 46.4 Å². The fourth-order valence-corrected chi connectivity index (χ4v) is 3.06. The predicted molar refractivity (Wildman–Crippen MR) is 85.3 cm³/mol. The van der Waals surface area contributed by atoms with Gasteiger partial charge < -0.3 is 4.90 Å². The van der Waals surface area contributed by atoms with E-state index >= 15 is 0 Å². The lowest BCUT2D eigenvalue weighted by Crippen LogP contribution is -2.40. The molecule has 3 heterocycles. The second-order valence-corrected chi connectivity index (χ2v) is 6.34. The normalized spacial score (nSPS) is 16.1. The van der Waals surface area contributed by atoms with E-state index < -0.39 is 17.4 Å². The molecule has 1 saturated heterocycles. The standard InChI is InChI=1S/C16H18F3N5O2/c1-22-12(2-5-21-22)15(26)23-6-3-11(4-7-23)9-24-10-20-13(8-14(24)25)16(17,18)19/h2,5,8,10-11H,3-4,6-7,9H2,1H3. The number of nitrogens with zero attached hydrogens (tertiary/aromatic N) is 5. The van der Waals surface area contributed by atoms with Crippen molar-refractivity contribution < 1.29 is 18.0 Å². The smallest absolute Gasteiger partial charge is 0.337 e. The highest BCUT2D eigenvalue weighted by Crippen LogP contribution is 2.26. The first-order chi connectivity index (χ1) is 12.3. The fourth-order valence-electron chi connectivity index (χ4n) is 3.06. The number of piperidine rings is 1. The largest absolute Gasteiger partial charge is 0.433 e. The molecule has 1 amide bonds. The molecule has 1 fully saturated rings. The Bertz CT molecular complexity index is 850. The quantitative estimate of drug-likeness (QED) is 0.823. The van der Waals surface area contributed by atoms with Gasteiger partial charge in [0.05, 0.1) is 6.33 Å². The van der Waals surface area contributed by atoms with Gasteiger partial charge in [0.15, 0.2) is 5.69 Å². The summed E-state index contributed by atoms with van der Waals surface area (Å²) in [5.41, 5.74) is -1.40. The van der Waals surface area contributed by atoms with E-state index in [2.05, 4.69) is 10.1 Å². The van der Waals surface area contributed by atoms with Crippen LogP contribution in [0.15, 0.2) is 29.5 Å². The van der Waals surface area contributed by atoms with Gasteiger partial charge in [0.2, 0.25) is 0 Å². The van der Waals surface area contributed by atoms with Gasteiger partial charge >= 0.3 is 6.18 Å². The highest BCUT2D eigenvalue weighted by Gasteiger charge is 2.33. The lowest BCUT2D eigenvalue weighted by Gasteiger charge is -2.32. The number of amides is 1. The molecule has 26 heavy (non-hydrogen) atoms. The lowest BCUT2D eigenvalue weighted by atomic mass is 9.96. The minimum atomic E-state index is -4.63. The molecule has 0 spiro atoms. The summed E-state index contributed by atoms with van der Waals surface area (Å²) in [6, 6.07) is 2.17. The molecule has 1 aliphatic rings. The van der Waals surface area contributed by atoms with Crippen molar-refractivity contribution in [1.29, 1.82) is 0 Å². The zero-order chi connectivity index (χ0) is 18.9. The third-order valence-electron chi connectivity index (χ3n) is 4.57. The summed E-state index contributed by atoms with van der Waals surface area (Å²) in [6.07, 6.45) is -0.799. The Morgan fingerprint density at radius 1 is 1.31 bits per heavy atom. The van der Waals surface area contributed by atoms with E-state index in [1.807, 2.05) is 0 Å². The van der Waals surface area contributed by atoms with Crippen molar-refractivity contribution in [1.82, 2.24) is 24.2 Å². The minimum absolute atomic E-state index is 0.0989. The molecule has 3 rings (SSSR count). The summed E-state index contributed by atoms with van der Waals surface area (Å²) in [4.78, 5) is 29.4. The van der Waals surface area contributed by atoms with Crippen LogP contribution in [0.5, 0.6) is 0 Å². The summed E-state index contributed by atoms with van der Waals surface area (Å²) in [6.45, 7) is 1.34. The van der Waals surface area contributed by atoms with Crippen LogP contribution in [0.3, 0.4) is 0 Å². The Hall–Kier alpha value is -2.65. The third-order valence-corrected chi connectivity index (χ3v) is 4.57. The first-order valence-electron chi connectivity index (χ1n) is 8.16. The summed E-state index contributed by atoms with van der Waals surface area (Å²) in [5, 5.41) is 3.98. The average molecular weight is 369 g/mol. The molecule has 10 heteroatoms. The molecule has 2 aromatic rings. The molecule has 0 saturated carbocycles. The van der Waals surface area contributed by atoms with Crippen molar-refractivity contribution in [3.8, 4) is 0 Å². The van der Waals surface area contributed by atoms with Crippen molar-refractivity contribution in [3.63, 3.8) is 0 Å². The number of hydrogen-bond acceptors (Lipinski definition) is 4. The molecule has 2 aromatic heterocycles. The van der Waals surface area contributed by atoms with Gasteiger partial charge in [-0.3, -0.25) is 18.8 Å². The summed E-state index contributed by atoms with van der Waals surface area (Å²) in [7, 11) is 1.70. The highest BCUT2D eigenvalue weighted by atomic mass is 19.4. The van der Waals surface area contributed by atoms with Gasteiger partial charge in [-0.05, 0) is 24.8 Å². The van der Waals surface area contributed by atoms with Crippen LogP contribution in [0, 0.1) is 5.92 Å². The van der Waals surface area contributed by atoms with E-state index in [4.69, 9.17) is 0 Å². The monoisotopic (exact) mass is 369 g/mol. The molecule has 0 aliphatic carbocycles. The summed E-state index contributed by atoms with van der Waals surface area (Å²) in [5.74, 6) is -0.00126. The van der Waals surface area contributed by atoms with Crippen LogP contribution in [0.25, 0.3) is 0 Å². The van der Waals surface area contributed by atoms with Crippen LogP contribution >= 0.6 is 0 Å². The third kappa shape index (κ3) is 3.78. The van der Waals surface area contributed by atoms with Gasteiger partial charge in [-0.15, -0.1) is 0 Å². The van der Waals surface area contributed by atoms with Crippen LogP contribution < -0.4 is 5.56 Å².